The Morgan fingerprint density at radius 2 is 1.83 bits per heavy atom. The molecule has 2 heteroatoms. The zero-order valence-electron chi connectivity index (χ0n) is 8.51. The Morgan fingerprint density at radius 3 is 2.25 bits per heavy atom. The minimum absolute atomic E-state index is 0.659. The largest absolute Gasteiger partial charge is 0.305 e. The van der Waals surface area contributed by atoms with E-state index in [1.807, 2.05) is 13.8 Å². The number of rotatable bonds is 0. The molecular weight excluding hydrogens is 166 g/mol. The van der Waals surface area contributed by atoms with Crippen molar-refractivity contribution >= 4 is 12.6 Å². The van der Waals surface area contributed by atoms with Crippen LogP contribution in [0, 0.1) is 5.41 Å². The van der Waals surface area contributed by atoms with E-state index in [0.29, 0.717) is 10.7 Å². The van der Waals surface area contributed by atoms with Gasteiger partial charge in [0.25, 0.3) is 0 Å². The van der Waals surface area contributed by atoms with Crippen molar-refractivity contribution in [2.24, 2.45) is 5.41 Å². The fraction of sp³-hybridized carbons (Fsp3) is 1.00. The summed E-state index contributed by atoms with van der Waals surface area (Å²) in [4.78, 5) is 2.39. The molecule has 1 aliphatic carbocycles. The maximum absolute atomic E-state index is 4.62. The SMILES string of the molecule is CC.CN1CCC2(CC2)C(S)C1. The monoisotopic (exact) mass is 187 g/mol. The van der Waals surface area contributed by atoms with E-state index >= 15 is 0 Å². The van der Waals surface area contributed by atoms with Crippen molar-refractivity contribution in [3.63, 3.8) is 0 Å². The number of hydrogen-bond donors (Lipinski definition) is 1. The Balaban J connectivity index is 0.000000336. The molecule has 0 aromatic carbocycles. The van der Waals surface area contributed by atoms with E-state index in [1.165, 1.54) is 32.4 Å². The smallest absolute Gasteiger partial charge is 0.0201 e. The van der Waals surface area contributed by atoms with Crippen molar-refractivity contribution in [1.29, 1.82) is 0 Å². The molecule has 1 atom stereocenters. The van der Waals surface area contributed by atoms with Crippen LogP contribution in [0.1, 0.15) is 33.1 Å². The van der Waals surface area contributed by atoms with Gasteiger partial charge in [-0.2, -0.15) is 12.6 Å². The molecule has 2 aliphatic rings. The second kappa shape index (κ2) is 4.01. The van der Waals surface area contributed by atoms with Gasteiger partial charge in [-0.3, -0.25) is 0 Å². The molecule has 0 bridgehead atoms. The Kier molecular flexibility index (Phi) is 3.47. The highest BCUT2D eigenvalue weighted by Gasteiger charge is 2.49. The van der Waals surface area contributed by atoms with Crippen LogP contribution in [0.3, 0.4) is 0 Å². The van der Waals surface area contributed by atoms with Gasteiger partial charge in [-0.05, 0) is 38.3 Å². The van der Waals surface area contributed by atoms with Crippen molar-refractivity contribution in [3.8, 4) is 0 Å². The zero-order chi connectivity index (χ0) is 9.19. The highest BCUT2D eigenvalue weighted by atomic mass is 32.1. The zero-order valence-corrected chi connectivity index (χ0v) is 9.40. The maximum Gasteiger partial charge on any atom is 0.0201 e. The summed E-state index contributed by atoms with van der Waals surface area (Å²) in [5, 5.41) is 0.659. The highest BCUT2D eigenvalue weighted by Crippen LogP contribution is 2.55. The van der Waals surface area contributed by atoms with Crippen molar-refractivity contribution in [1.82, 2.24) is 4.90 Å². The first-order chi connectivity index (χ1) is 5.73. The number of hydrogen-bond acceptors (Lipinski definition) is 2. The molecule has 2 fully saturated rings. The van der Waals surface area contributed by atoms with Crippen molar-refractivity contribution in [2.45, 2.75) is 38.4 Å². The lowest BCUT2D eigenvalue weighted by atomic mass is 9.93. The summed E-state index contributed by atoms with van der Waals surface area (Å²) in [5.74, 6) is 0. The molecule has 2 rings (SSSR count). The van der Waals surface area contributed by atoms with Gasteiger partial charge in [0.1, 0.15) is 0 Å². The van der Waals surface area contributed by atoms with E-state index in [9.17, 15) is 0 Å². The van der Waals surface area contributed by atoms with Crippen LogP contribution in [0.5, 0.6) is 0 Å². The summed E-state index contributed by atoms with van der Waals surface area (Å²) in [6.07, 6.45) is 4.27. The van der Waals surface area contributed by atoms with Crippen molar-refractivity contribution < 1.29 is 0 Å². The first kappa shape index (κ1) is 10.4. The van der Waals surface area contributed by atoms with E-state index in [4.69, 9.17) is 0 Å². The molecule has 0 N–H and O–H groups in total. The van der Waals surface area contributed by atoms with E-state index in [-0.39, 0.29) is 0 Å². The maximum atomic E-state index is 4.62. The molecule has 1 saturated carbocycles. The van der Waals surface area contributed by atoms with Gasteiger partial charge in [-0.25, -0.2) is 0 Å². The Hall–Kier alpha value is 0.310. The molecule has 1 aliphatic heterocycles. The van der Waals surface area contributed by atoms with Gasteiger partial charge in [0, 0.05) is 11.8 Å². The summed E-state index contributed by atoms with van der Waals surface area (Å²) >= 11 is 4.62. The van der Waals surface area contributed by atoms with Crippen LogP contribution in [-0.2, 0) is 0 Å². The second-order valence-electron chi connectivity index (χ2n) is 3.89. The van der Waals surface area contributed by atoms with Crippen LogP contribution in [0.4, 0.5) is 0 Å². The molecule has 1 saturated heterocycles. The summed E-state index contributed by atoms with van der Waals surface area (Å²) in [6.45, 7) is 6.49. The fourth-order valence-electron chi connectivity index (χ4n) is 1.90. The Bertz CT molecular complexity index is 143. The number of nitrogens with zero attached hydrogens (tertiary/aromatic N) is 1. The Labute approximate surface area is 81.9 Å². The molecule has 72 valence electrons. The van der Waals surface area contributed by atoms with E-state index in [0.717, 1.165) is 0 Å². The number of piperidine rings is 1. The van der Waals surface area contributed by atoms with Gasteiger partial charge in [0.15, 0.2) is 0 Å². The Morgan fingerprint density at radius 1 is 1.25 bits per heavy atom. The minimum Gasteiger partial charge on any atom is -0.305 e. The molecule has 0 aromatic rings. The van der Waals surface area contributed by atoms with Crippen LogP contribution in [-0.4, -0.2) is 30.3 Å². The number of likely N-dealkylation sites (tertiary alicyclic amines) is 1. The average molecular weight is 187 g/mol. The van der Waals surface area contributed by atoms with Gasteiger partial charge < -0.3 is 4.90 Å². The molecule has 0 radical (unpaired) electrons. The van der Waals surface area contributed by atoms with Gasteiger partial charge in [0.05, 0.1) is 0 Å². The van der Waals surface area contributed by atoms with Crippen LogP contribution >= 0.6 is 12.6 Å². The summed E-state index contributed by atoms with van der Waals surface area (Å²) < 4.78 is 0. The third kappa shape index (κ3) is 1.97. The molecule has 0 amide bonds. The average Bonchev–Trinajstić information content (AvgIpc) is 2.84. The molecule has 1 heterocycles. The molecule has 0 aromatic heterocycles. The second-order valence-corrected chi connectivity index (χ2v) is 4.51. The van der Waals surface area contributed by atoms with Gasteiger partial charge in [-0.1, -0.05) is 13.8 Å². The topological polar surface area (TPSA) is 3.24 Å². The van der Waals surface area contributed by atoms with Gasteiger partial charge >= 0.3 is 0 Å². The first-order valence-corrected chi connectivity index (χ1v) is 5.61. The predicted octanol–water partition coefficient (Wildman–Crippen LogP) is 2.43. The lowest BCUT2D eigenvalue weighted by molar-refractivity contribution is 0.215. The molecular formula is C10H21NS. The summed E-state index contributed by atoms with van der Waals surface area (Å²) in [6, 6.07) is 0. The molecule has 1 spiro atoms. The summed E-state index contributed by atoms with van der Waals surface area (Å²) in [5.41, 5.74) is 0.690. The highest BCUT2D eigenvalue weighted by molar-refractivity contribution is 7.81. The van der Waals surface area contributed by atoms with Crippen LogP contribution in [0.25, 0.3) is 0 Å². The van der Waals surface area contributed by atoms with Crippen LogP contribution in [0.15, 0.2) is 0 Å². The van der Waals surface area contributed by atoms with E-state index in [2.05, 4.69) is 24.6 Å². The van der Waals surface area contributed by atoms with Crippen LogP contribution in [0.2, 0.25) is 0 Å². The molecule has 1 unspecified atom stereocenters. The molecule has 1 nitrogen and oxygen atoms in total. The third-order valence-corrected chi connectivity index (χ3v) is 3.79. The number of thiol groups is 1. The normalized spacial score (nSPS) is 32.5. The van der Waals surface area contributed by atoms with Crippen molar-refractivity contribution in [2.75, 3.05) is 20.1 Å². The fourth-order valence-corrected chi connectivity index (χ4v) is 2.57. The van der Waals surface area contributed by atoms with Gasteiger partial charge in [-0.15, -0.1) is 0 Å². The van der Waals surface area contributed by atoms with E-state index < -0.39 is 0 Å². The van der Waals surface area contributed by atoms with Gasteiger partial charge in [0.2, 0.25) is 0 Å². The van der Waals surface area contributed by atoms with Crippen LogP contribution < -0.4 is 0 Å². The third-order valence-electron chi connectivity index (χ3n) is 3.08. The molecule has 12 heavy (non-hydrogen) atoms. The first-order valence-electron chi connectivity index (χ1n) is 5.10. The summed E-state index contributed by atoms with van der Waals surface area (Å²) in [7, 11) is 2.19. The lowest BCUT2D eigenvalue weighted by Crippen LogP contribution is -2.39. The minimum atomic E-state index is 0.659. The lowest BCUT2D eigenvalue weighted by Gasteiger charge is -2.34. The quantitative estimate of drug-likeness (QED) is 0.570. The standard InChI is InChI=1S/C8H15NS.C2H6/c1-9-5-4-8(2-3-8)7(10)6-9;1-2/h7,10H,2-6H2,1H3;1-2H3. The van der Waals surface area contributed by atoms with Crippen molar-refractivity contribution in [3.05, 3.63) is 0 Å². The van der Waals surface area contributed by atoms with E-state index in [1.54, 1.807) is 0 Å². The predicted molar refractivity (Wildman–Crippen MR) is 57.9 cm³/mol.